The Labute approximate surface area is 116 Å². The fourth-order valence-corrected chi connectivity index (χ4v) is 1.82. The van der Waals surface area contributed by atoms with Gasteiger partial charge in [-0.05, 0) is 40.2 Å². The molecule has 0 fully saturated rings. The van der Waals surface area contributed by atoms with E-state index in [1.165, 1.54) is 18.2 Å². The van der Waals surface area contributed by atoms with Gasteiger partial charge in [-0.1, -0.05) is 0 Å². The second-order valence-electron chi connectivity index (χ2n) is 3.61. The highest BCUT2D eigenvalue weighted by Crippen LogP contribution is 2.25. The van der Waals surface area contributed by atoms with Crippen LogP contribution in [0.5, 0.6) is 0 Å². The van der Waals surface area contributed by atoms with Gasteiger partial charge < -0.3 is 5.32 Å². The average molecular weight is 322 g/mol. The fourth-order valence-electron chi connectivity index (χ4n) is 1.43. The summed E-state index contributed by atoms with van der Waals surface area (Å²) in [7, 11) is 0. The predicted molar refractivity (Wildman–Crippen MR) is 73.0 cm³/mol. The molecule has 0 spiro atoms. The van der Waals surface area contributed by atoms with Crippen LogP contribution in [0, 0.1) is 10.1 Å². The standard InChI is InChI=1S/C12H8BrN3O3/c13-10-2-1-8(7-11(10)16(18)19)12(17)15-9-3-5-14-6-4-9/h1-7H,(H,14,15,17). The molecule has 0 atom stereocenters. The highest BCUT2D eigenvalue weighted by Gasteiger charge is 2.15. The van der Waals surface area contributed by atoms with Crippen LogP contribution < -0.4 is 5.32 Å². The van der Waals surface area contributed by atoms with Crippen LogP contribution in [0.3, 0.4) is 0 Å². The zero-order chi connectivity index (χ0) is 13.8. The van der Waals surface area contributed by atoms with Crippen molar-refractivity contribution < 1.29 is 9.72 Å². The first-order chi connectivity index (χ1) is 9.08. The van der Waals surface area contributed by atoms with Crippen LogP contribution in [0.1, 0.15) is 10.4 Å². The number of hydrogen-bond acceptors (Lipinski definition) is 4. The zero-order valence-corrected chi connectivity index (χ0v) is 11.1. The van der Waals surface area contributed by atoms with E-state index >= 15 is 0 Å². The molecule has 0 radical (unpaired) electrons. The summed E-state index contributed by atoms with van der Waals surface area (Å²) in [6.07, 6.45) is 3.08. The van der Waals surface area contributed by atoms with E-state index < -0.39 is 10.8 Å². The van der Waals surface area contributed by atoms with Crippen molar-refractivity contribution >= 4 is 33.2 Å². The Hall–Kier alpha value is -2.28. The minimum absolute atomic E-state index is 0.151. The average Bonchev–Trinajstić information content (AvgIpc) is 2.40. The molecule has 0 aliphatic rings. The van der Waals surface area contributed by atoms with Crippen LogP contribution in [0.25, 0.3) is 0 Å². The number of halogens is 1. The highest BCUT2D eigenvalue weighted by atomic mass is 79.9. The fraction of sp³-hybridized carbons (Fsp3) is 0. The lowest BCUT2D eigenvalue weighted by Crippen LogP contribution is -2.12. The number of pyridine rings is 1. The molecule has 7 heteroatoms. The van der Waals surface area contributed by atoms with Gasteiger partial charge in [-0.2, -0.15) is 0 Å². The summed E-state index contributed by atoms with van der Waals surface area (Å²) in [5.74, 6) is -0.415. The molecule has 1 aromatic carbocycles. The number of nitro groups is 1. The molecule has 6 nitrogen and oxygen atoms in total. The zero-order valence-electron chi connectivity index (χ0n) is 9.54. The maximum absolute atomic E-state index is 11.9. The van der Waals surface area contributed by atoms with Gasteiger partial charge in [0.15, 0.2) is 0 Å². The Morgan fingerprint density at radius 3 is 2.58 bits per heavy atom. The molecule has 96 valence electrons. The van der Waals surface area contributed by atoms with Crippen molar-refractivity contribution in [1.29, 1.82) is 0 Å². The van der Waals surface area contributed by atoms with E-state index in [1.807, 2.05) is 0 Å². The Bertz CT molecular complexity index is 631. The number of benzene rings is 1. The van der Waals surface area contributed by atoms with Crippen molar-refractivity contribution in [2.75, 3.05) is 5.32 Å². The largest absolute Gasteiger partial charge is 0.322 e. The predicted octanol–water partition coefficient (Wildman–Crippen LogP) is 3.00. The number of hydrogen-bond donors (Lipinski definition) is 1. The molecule has 2 aromatic rings. The van der Waals surface area contributed by atoms with Crippen LogP contribution >= 0.6 is 15.9 Å². The third kappa shape index (κ3) is 3.14. The molecule has 1 heterocycles. The topological polar surface area (TPSA) is 85.1 Å². The van der Waals surface area contributed by atoms with Crippen LogP contribution in [-0.4, -0.2) is 15.8 Å². The van der Waals surface area contributed by atoms with Gasteiger partial charge in [-0.15, -0.1) is 0 Å². The van der Waals surface area contributed by atoms with E-state index in [0.29, 0.717) is 10.2 Å². The van der Waals surface area contributed by atoms with Gasteiger partial charge in [0.05, 0.1) is 9.40 Å². The number of nitrogens with one attached hydrogen (secondary N) is 1. The first-order valence-electron chi connectivity index (χ1n) is 5.23. The van der Waals surface area contributed by atoms with Gasteiger partial charge in [0.1, 0.15) is 0 Å². The second-order valence-corrected chi connectivity index (χ2v) is 4.47. The van der Waals surface area contributed by atoms with Crippen molar-refractivity contribution in [1.82, 2.24) is 4.98 Å². The summed E-state index contributed by atoms with van der Waals surface area (Å²) >= 11 is 3.07. The molecule has 0 bridgehead atoms. The summed E-state index contributed by atoms with van der Waals surface area (Å²) in [6.45, 7) is 0. The molecule has 1 aromatic heterocycles. The first-order valence-corrected chi connectivity index (χ1v) is 6.02. The van der Waals surface area contributed by atoms with E-state index in [4.69, 9.17) is 0 Å². The minimum Gasteiger partial charge on any atom is -0.322 e. The number of rotatable bonds is 3. The maximum Gasteiger partial charge on any atom is 0.284 e. The summed E-state index contributed by atoms with van der Waals surface area (Å²) in [6, 6.07) is 7.46. The Balaban J connectivity index is 2.25. The van der Waals surface area contributed by atoms with Crippen molar-refractivity contribution in [3.63, 3.8) is 0 Å². The molecule has 0 saturated heterocycles. The van der Waals surface area contributed by atoms with Gasteiger partial charge in [0, 0.05) is 29.7 Å². The Morgan fingerprint density at radius 2 is 1.95 bits per heavy atom. The molecule has 0 unspecified atom stereocenters. The number of aromatic nitrogens is 1. The molecular formula is C12H8BrN3O3. The molecule has 19 heavy (non-hydrogen) atoms. The Kier molecular flexibility index (Phi) is 3.86. The molecule has 1 amide bonds. The van der Waals surface area contributed by atoms with Gasteiger partial charge in [0.25, 0.3) is 11.6 Å². The molecular weight excluding hydrogens is 314 g/mol. The second kappa shape index (κ2) is 5.57. The minimum atomic E-state index is -0.548. The molecule has 1 N–H and O–H groups in total. The maximum atomic E-state index is 11.9. The smallest absolute Gasteiger partial charge is 0.284 e. The summed E-state index contributed by atoms with van der Waals surface area (Å²) in [5.41, 5.74) is 0.639. The lowest BCUT2D eigenvalue weighted by atomic mass is 10.2. The van der Waals surface area contributed by atoms with Crippen molar-refractivity contribution in [3.8, 4) is 0 Å². The quantitative estimate of drug-likeness (QED) is 0.695. The third-order valence-electron chi connectivity index (χ3n) is 2.34. The molecule has 2 rings (SSSR count). The van der Waals surface area contributed by atoms with Crippen molar-refractivity contribution in [2.24, 2.45) is 0 Å². The summed E-state index contributed by atoms with van der Waals surface area (Å²) < 4.78 is 0.331. The Morgan fingerprint density at radius 1 is 1.26 bits per heavy atom. The highest BCUT2D eigenvalue weighted by molar-refractivity contribution is 9.10. The molecule has 0 saturated carbocycles. The third-order valence-corrected chi connectivity index (χ3v) is 3.01. The number of anilines is 1. The summed E-state index contributed by atoms with van der Waals surface area (Å²) in [5, 5.41) is 13.4. The monoisotopic (exact) mass is 321 g/mol. The number of nitro benzene ring substituents is 1. The lowest BCUT2D eigenvalue weighted by Gasteiger charge is -2.05. The van der Waals surface area contributed by atoms with Crippen LogP contribution in [0.2, 0.25) is 0 Å². The van der Waals surface area contributed by atoms with Gasteiger partial charge in [-0.3, -0.25) is 19.9 Å². The molecule has 0 aliphatic carbocycles. The normalized spacial score (nSPS) is 9.95. The number of nitrogens with zero attached hydrogens (tertiary/aromatic N) is 2. The van der Waals surface area contributed by atoms with E-state index in [1.54, 1.807) is 24.5 Å². The summed E-state index contributed by atoms with van der Waals surface area (Å²) in [4.78, 5) is 26.0. The first kappa shape index (κ1) is 13.2. The van der Waals surface area contributed by atoms with E-state index in [-0.39, 0.29) is 11.3 Å². The van der Waals surface area contributed by atoms with E-state index in [9.17, 15) is 14.9 Å². The number of carbonyl (C=O) groups excluding carboxylic acids is 1. The van der Waals surface area contributed by atoms with Crippen molar-refractivity contribution in [2.45, 2.75) is 0 Å². The van der Waals surface area contributed by atoms with Gasteiger partial charge in [0.2, 0.25) is 0 Å². The number of carbonyl (C=O) groups is 1. The van der Waals surface area contributed by atoms with Crippen LogP contribution in [-0.2, 0) is 0 Å². The molecule has 0 aliphatic heterocycles. The van der Waals surface area contributed by atoms with Gasteiger partial charge >= 0.3 is 0 Å². The SMILES string of the molecule is O=C(Nc1ccncc1)c1ccc(Br)c([N+](=O)[O-])c1. The van der Waals surface area contributed by atoms with Crippen molar-refractivity contribution in [3.05, 3.63) is 62.9 Å². The van der Waals surface area contributed by atoms with Crippen LogP contribution in [0.15, 0.2) is 47.2 Å². The van der Waals surface area contributed by atoms with E-state index in [2.05, 4.69) is 26.2 Å². The van der Waals surface area contributed by atoms with Crippen LogP contribution in [0.4, 0.5) is 11.4 Å². The lowest BCUT2D eigenvalue weighted by molar-refractivity contribution is -0.385. The van der Waals surface area contributed by atoms with E-state index in [0.717, 1.165) is 0 Å². The number of amides is 1. The van der Waals surface area contributed by atoms with Gasteiger partial charge in [-0.25, -0.2) is 0 Å².